The molecule has 0 spiro atoms. The van der Waals surface area contributed by atoms with Crippen molar-refractivity contribution >= 4 is 25.1 Å². The predicted molar refractivity (Wildman–Crippen MR) is 54.8 cm³/mol. The van der Waals surface area contributed by atoms with Crippen molar-refractivity contribution in [3.63, 3.8) is 0 Å². The molecule has 0 nitrogen and oxygen atoms in total. The van der Waals surface area contributed by atoms with Crippen LogP contribution in [-0.2, 0) is 0 Å². The first-order valence-corrected chi connectivity index (χ1v) is 14.3. The predicted octanol–water partition coefficient (Wildman–Crippen LogP) is 3.17. The fraction of sp³-hybridized carbons (Fsp3) is 0.750. The van der Waals surface area contributed by atoms with Crippen LogP contribution >= 0.6 is 0 Å². The molecule has 0 radical (unpaired) electrons. The zero-order valence-electron chi connectivity index (χ0n) is 7.94. The zero-order chi connectivity index (χ0) is 8.20. The van der Waals surface area contributed by atoms with E-state index in [1.54, 1.807) is 0 Å². The van der Waals surface area contributed by atoms with Gasteiger partial charge in [0.15, 0.2) is 0 Å². The summed E-state index contributed by atoms with van der Waals surface area (Å²) in [7, 11) is 0. The van der Waals surface area contributed by atoms with Crippen LogP contribution in [-0.4, -0.2) is 25.1 Å². The Morgan fingerprint density at radius 2 is 1.70 bits per heavy atom. The van der Waals surface area contributed by atoms with Gasteiger partial charge < -0.3 is 0 Å². The molecule has 0 fully saturated rings. The Balaban J connectivity index is 3.57. The van der Waals surface area contributed by atoms with Crippen LogP contribution < -0.4 is 0 Å². The van der Waals surface area contributed by atoms with Gasteiger partial charge in [-0.2, -0.15) is 0 Å². The normalized spacial score (nSPS) is 12.5. The van der Waals surface area contributed by atoms with Gasteiger partial charge in [0.25, 0.3) is 0 Å². The minimum atomic E-state index is -1.55. The molecule has 0 bridgehead atoms. The third-order valence-corrected chi connectivity index (χ3v) is 4.75. The van der Waals surface area contributed by atoms with Crippen molar-refractivity contribution in [1.82, 2.24) is 0 Å². The molecule has 0 aromatic rings. The summed E-state index contributed by atoms with van der Waals surface area (Å²) in [5.41, 5.74) is 0. The first-order valence-electron chi connectivity index (χ1n) is 4.09. The van der Waals surface area contributed by atoms with Crippen molar-refractivity contribution in [2.75, 3.05) is 0 Å². The Kier molecular flexibility index (Phi) is 4.75. The second kappa shape index (κ2) is 4.48. The van der Waals surface area contributed by atoms with Crippen LogP contribution in [0.5, 0.6) is 0 Å². The van der Waals surface area contributed by atoms with Crippen molar-refractivity contribution in [1.29, 1.82) is 0 Å². The second-order valence-corrected chi connectivity index (χ2v) is 18.9. The van der Waals surface area contributed by atoms with E-state index in [0.717, 1.165) is 6.71 Å². The molecule has 0 aliphatic carbocycles. The fourth-order valence-electron chi connectivity index (χ4n) is 0.694. The van der Waals surface area contributed by atoms with E-state index in [2.05, 4.69) is 38.6 Å². The molecular formula is C8H19BSn. The van der Waals surface area contributed by atoms with Crippen LogP contribution in [0, 0.1) is 0 Å². The summed E-state index contributed by atoms with van der Waals surface area (Å²) in [5.74, 6) is 0. The summed E-state index contributed by atoms with van der Waals surface area (Å²) in [6.45, 7) is 5.36. The zero-order valence-corrected chi connectivity index (χ0v) is 10.8. The quantitative estimate of drug-likeness (QED) is 0.669. The fourth-order valence-corrected chi connectivity index (χ4v) is 3.10. The summed E-state index contributed by atoms with van der Waals surface area (Å²) in [6.07, 6.45) is 3.63. The van der Waals surface area contributed by atoms with Crippen molar-refractivity contribution in [2.45, 2.75) is 34.8 Å². The Morgan fingerprint density at radius 3 is 2.00 bits per heavy atom. The van der Waals surface area contributed by atoms with E-state index in [1.807, 2.05) is 0 Å². The minimum absolute atomic E-state index is 0.824. The van der Waals surface area contributed by atoms with Gasteiger partial charge in [-0.25, -0.2) is 0 Å². The Bertz CT molecular complexity index is 111. The van der Waals surface area contributed by atoms with Gasteiger partial charge in [-0.1, -0.05) is 0 Å². The number of hydrogen-bond donors (Lipinski definition) is 0. The van der Waals surface area contributed by atoms with Crippen molar-refractivity contribution in [3.8, 4) is 0 Å². The Hall–Kier alpha value is 0.604. The SMILES string of the molecule is CB(C)C/C=[CH]/[Sn]([CH3])([CH3])[CH3]. The van der Waals surface area contributed by atoms with Gasteiger partial charge in [-0.3, -0.25) is 0 Å². The molecule has 0 saturated heterocycles. The average Bonchev–Trinajstić information content (AvgIpc) is 1.59. The third kappa shape index (κ3) is 8.60. The molecule has 0 aromatic carbocycles. The summed E-state index contributed by atoms with van der Waals surface area (Å²) in [6, 6.07) is 0. The van der Waals surface area contributed by atoms with Gasteiger partial charge >= 0.3 is 70.0 Å². The molecule has 58 valence electrons. The number of rotatable bonds is 3. The maximum absolute atomic E-state index is 2.49. The molecule has 0 aliphatic rings. The van der Waals surface area contributed by atoms with Gasteiger partial charge in [-0.05, 0) is 0 Å². The molecule has 0 N–H and O–H groups in total. The van der Waals surface area contributed by atoms with Gasteiger partial charge in [0.2, 0.25) is 0 Å². The van der Waals surface area contributed by atoms with Crippen LogP contribution in [0.1, 0.15) is 0 Å². The summed E-state index contributed by atoms with van der Waals surface area (Å²) < 4.78 is 2.49. The standard InChI is InChI=1S/C5H10B.3CH3.Sn/c1-4-5-6(2)3;;;;/h1,4H,5H2,2-3H3;3*1H3;. The van der Waals surface area contributed by atoms with Crippen LogP contribution in [0.2, 0.25) is 34.8 Å². The van der Waals surface area contributed by atoms with E-state index in [9.17, 15) is 0 Å². The number of hydrogen-bond acceptors (Lipinski definition) is 0. The van der Waals surface area contributed by atoms with E-state index in [-0.39, 0.29) is 0 Å². The summed E-state index contributed by atoms with van der Waals surface area (Å²) in [4.78, 5) is 7.31. The van der Waals surface area contributed by atoms with Gasteiger partial charge in [-0.15, -0.1) is 0 Å². The van der Waals surface area contributed by atoms with E-state index >= 15 is 0 Å². The molecule has 0 amide bonds. The van der Waals surface area contributed by atoms with Crippen LogP contribution in [0.25, 0.3) is 0 Å². The van der Waals surface area contributed by atoms with Crippen molar-refractivity contribution < 1.29 is 0 Å². The van der Waals surface area contributed by atoms with Gasteiger partial charge in [0.1, 0.15) is 0 Å². The molecule has 0 heterocycles. The second-order valence-electron chi connectivity index (χ2n) is 4.40. The molecule has 0 saturated carbocycles. The van der Waals surface area contributed by atoms with Gasteiger partial charge in [0.05, 0.1) is 0 Å². The maximum atomic E-state index is 2.49. The Morgan fingerprint density at radius 1 is 1.20 bits per heavy atom. The van der Waals surface area contributed by atoms with Crippen molar-refractivity contribution in [3.05, 3.63) is 10.2 Å². The molecule has 10 heavy (non-hydrogen) atoms. The van der Waals surface area contributed by atoms with Crippen LogP contribution in [0.15, 0.2) is 10.2 Å². The first-order chi connectivity index (χ1) is 4.42. The molecule has 0 aromatic heterocycles. The van der Waals surface area contributed by atoms with Gasteiger partial charge in [0, 0.05) is 0 Å². The molecule has 0 atom stereocenters. The topological polar surface area (TPSA) is 0 Å². The first kappa shape index (κ1) is 10.6. The monoisotopic (exact) mass is 246 g/mol. The molecule has 0 aliphatic heterocycles. The summed E-state index contributed by atoms with van der Waals surface area (Å²) in [5, 5.41) is 0. The van der Waals surface area contributed by atoms with Crippen LogP contribution in [0.4, 0.5) is 0 Å². The molecule has 0 unspecified atom stereocenters. The van der Waals surface area contributed by atoms with E-state index in [1.165, 1.54) is 6.32 Å². The average molecular weight is 245 g/mol. The Labute approximate surface area is 70.0 Å². The number of allylic oxidation sites excluding steroid dienone is 1. The van der Waals surface area contributed by atoms with Crippen LogP contribution in [0.3, 0.4) is 0 Å². The summed E-state index contributed by atoms with van der Waals surface area (Å²) >= 11 is -1.55. The van der Waals surface area contributed by atoms with E-state index in [0.29, 0.717) is 0 Å². The van der Waals surface area contributed by atoms with E-state index < -0.39 is 18.4 Å². The third-order valence-electron chi connectivity index (χ3n) is 1.23. The van der Waals surface area contributed by atoms with Crippen molar-refractivity contribution in [2.24, 2.45) is 0 Å². The molecule has 2 heteroatoms. The van der Waals surface area contributed by atoms with E-state index in [4.69, 9.17) is 0 Å². The molecular weight excluding hydrogens is 226 g/mol. The molecule has 0 rings (SSSR count).